The summed E-state index contributed by atoms with van der Waals surface area (Å²) in [6.07, 6.45) is 1.89. The number of nitrogens with two attached hydrogens (primary N) is 1. The molecule has 0 amide bonds. The molecule has 1 fully saturated rings. The van der Waals surface area contributed by atoms with Crippen LogP contribution in [0, 0.1) is 17.7 Å². The van der Waals surface area contributed by atoms with Crippen LogP contribution in [0.3, 0.4) is 0 Å². The number of nitrogens with zero attached hydrogens (tertiary/aromatic N) is 1. The van der Waals surface area contributed by atoms with Crippen molar-refractivity contribution in [2.24, 2.45) is 17.6 Å². The summed E-state index contributed by atoms with van der Waals surface area (Å²) in [5, 5.41) is 0. The highest BCUT2D eigenvalue weighted by Gasteiger charge is 2.28. The maximum Gasteiger partial charge on any atom is 0.146 e. The zero-order chi connectivity index (χ0) is 14.0. The first-order chi connectivity index (χ1) is 8.99. The van der Waals surface area contributed by atoms with E-state index in [0.717, 1.165) is 37.2 Å². The third-order valence-corrected chi connectivity index (χ3v) is 4.10. The van der Waals surface area contributed by atoms with Crippen molar-refractivity contribution in [1.82, 2.24) is 0 Å². The number of halogens is 1. The van der Waals surface area contributed by atoms with Gasteiger partial charge < -0.3 is 10.6 Å². The third-order valence-electron chi connectivity index (χ3n) is 4.10. The molecule has 1 heterocycles. The number of para-hydroxylation sites is 1. The van der Waals surface area contributed by atoms with Crippen LogP contribution >= 0.6 is 0 Å². The zero-order valence-corrected chi connectivity index (χ0v) is 12.2. The lowest BCUT2D eigenvalue weighted by molar-refractivity contribution is 0.422. The normalized spacial score (nSPS) is 21.2. The highest BCUT2D eigenvalue weighted by Crippen LogP contribution is 2.32. The van der Waals surface area contributed by atoms with Crippen molar-refractivity contribution < 1.29 is 4.39 Å². The summed E-state index contributed by atoms with van der Waals surface area (Å²) in [5.41, 5.74) is 7.70. The Balaban J connectivity index is 2.24. The molecular weight excluding hydrogens is 239 g/mol. The fourth-order valence-electron chi connectivity index (χ4n) is 2.96. The standard InChI is InChI=1S/C16H25FN2/c1-11(2)14-7-8-19(10-14)16-13(9-12(3)18)5-4-6-15(16)17/h4-6,11-12,14H,7-10,18H2,1-3H3. The fraction of sp³-hybridized carbons (Fsp3) is 0.625. The minimum Gasteiger partial charge on any atom is -0.369 e. The van der Waals surface area contributed by atoms with Crippen molar-refractivity contribution >= 4 is 5.69 Å². The maximum absolute atomic E-state index is 14.2. The molecule has 1 aliphatic rings. The molecule has 0 spiro atoms. The average molecular weight is 264 g/mol. The van der Waals surface area contributed by atoms with Gasteiger partial charge in [-0.1, -0.05) is 26.0 Å². The molecule has 106 valence electrons. The summed E-state index contributed by atoms with van der Waals surface area (Å²) in [6, 6.07) is 5.41. The molecule has 1 aromatic rings. The van der Waals surface area contributed by atoms with Crippen molar-refractivity contribution in [3.63, 3.8) is 0 Å². The molecule has 2 rings (SSSR count). The number of benzene rings is 1. The Morgan fingerprint density at radius 2 is 2.11 bits per heavy atom. The average Bonchev–Trinajstić information content (AvgIpc) is 2.77. The lowest BCUT2D eigenvalue weighted by Gasteiger charge is -2.24. The van der Waals surface area contributed by atoms with Crippen molar-refractivity contribution in [3.8, 4) is 0 Å². The zero-order valence-electron chi connectivity index (χ0n) is 12.2. The summed E-state index contributed by atoms with van der Waals surface area (Å²) >= 11 is 0. The van der Waals surface area contributed by atoms with E-state index in [-0.39, 0.29) is 11.9 Å². The van der Waals surface area contributed by atoms with E-state index in [0.29, 0.717) is 11.8 Å². The van der Waals surface area contributed by atoms with Gasteiger partial charge in [0.2, 0.25) is 0 Å². The Kier molecular flexibility index (Phi) is 4.46. The molecule has 2 unspecified atom stereocenters. The van der Waals surface area contributed by atoms with Gasteiger partial charge in [-0.15, -0.1) is 0 Å². The molecule has 3 heteroatoms. The van der Waals surface area contributed by atoms with Gasteiger partial charge in [0.25, 0.3) is 0 Å². The van der Waals surface area contributed by atoms with E-state index in [4.69, 9.17) is 5.73 Å². The Morgan fingerprint density at radius 3 is 2.68 bits per heavy atom. The monoisotopic (exact) mass is 264 g/mol. The van der Waals surface area contributed by atoms with Gasteiger partial charge in [-0.05, 0) is 43.2 Å². The number of anilines is 1. The largest absolute Gasteiger partial charge is 0.369 e. The van der Waals surface area contributed by atoms with Crippen LogP contribution in [0.15, 0.2) is 18.2 Å². The molecule has 2 N–H and O–H groups in total. The Morgan fingerprint density at radius 1 is 1.37 bits per heavy atom. The predicted molar refractivity (Wildman–Crippen MR) is 78.9 cm³/mol. The second kappa shape index (κ2) is 5.91. The van der Waals surface area contributed by atoms with E-state index >= 15 is 0 Å². The maximum atomic E-state index is 14.2. The van der Waals surface area contributed by atoms with Crippen LogP contribution in [0.1, 0.15) is 32.8 Å². The SMILES string of the molecule is CC(N)Cc1cccc(F)c1N1CCC(C(C)C)C1. The number of hydrogen-bond acceptors (Lipinski definition) is 2. The van der Waals surface area contributed by atoms with Gasteiger partial charge in [-0.25, -0.2) is 4.39 Å². The summed E-state index contributed by atoms with van der Waals surface area (Å²) < 4.78 is 14.2. The van der Waals surface area contributed by atoms with Crippen molar-refractivity contribution in [2.45, 2.75) is 39.7 Å². The minimum absolute atomic E-state index is 0.0593. The van der Waals surface area contributed by atoms with Gasteiger partial charge in [-0.3, -0.25) is 0 Å². The molecule has 0 aromatic heterocycles. The quantitative estimate of drug-likeness (QED) is 0.905. The van der Waals surface area contributed by atoms with Crippen LogP contribution in [-0.2, 0) is 6.42 Å². The van der Waals surface area contributed by atoms with Crippen LogP contribution < -0.4 is 10.6 Å². The van der Waals surface area contributed by atoms with Gasteiger partial charge >= 0.3 is 0 Å². The molecule has 2 atom stereocenters. The highest BCUT2D eigenvalue weighted by atomic mass is 19.1. The molecule has 19 heavy (non-hydrogen) atoms. The van der Waals surface area contributed by atoms with Crippen LogP contribution in [0.25, 0.3) is 0 Å². The van der Waals surface area contributed by atoms with Crippen LogP contribution in [0.4, 0.5) is 10.1 Å². The second-order valence-electron chi connectivity index (χ2n) is 6.17. The molecule has 0 aliphatic carbocycles. The summed E-state index contributed by atoms with van der Waals surface area (Å²) in [6.45, 7) is 8.38. The summed E-state index contributed by atoms with van der Waals surface area (Å²) in [5.74, 6) is 1.22. The van der Waals surface area contributed by atoms with Gasteiger partial charge in [0.05, 0.1) is 5.69 Å². The van der Waals surface area contributed by atoms with Crippen LogP contribution in [-0.4, -0.2) is 19.1 Å². The molecule has 0 saturated carbocycles. The first kappa shape index (κ1) is 14.3. The van der Waals surface area contributed by atoms with E-state index in [1.54, 1.807) is 12.1 Å². The Hall–Kier alpha value is -1.09. The molecule has 1 aromatic carbocycles. The van der Waals surface area contributed by atoms with Crippen molar-refractivity contribution in [2.75, 3.05) is 18.0 Å². The number of rotatable bonds is 4. The highest BCUT2D eigenvalue weighted by molar-refractivity contribution is 5.56. The van der Waals surface area contributed by atoms with Crippen molar-refractivity contribution in [1.29, 1.82) is 0 Å². The predicted octanol–water partition coefficient (Wildman–Crippen LogP) is 3.20. The van der Waals surface area contributed by atoms with E-state index in [1.165, 1.54) is 0 Å². The smallest absolute Gasteiger partial charge is 0.146 e. The topological polar surface area (TPSA) is 29.3 Å². The lowest BCUT2D eigenvalue weighted by Crippen LogP contribution is -2.25. The van der Waals surface area contributed by atoms with Gasteiger partial charge in [-0.2, -0.15) is 0 Å². The molecule has 1 saturated heterocycles. The number of hydrogen-bond donors (Lipinski definition) is 1. The van der Waals surface area contributed by atoms with E-state index in [2.05, 4.69) is 18.7 Å². The molecule has 0 bridgehead atoms. The van der Waals surface area contributed by atoms with E-state index in [1.807, 2.05) is 13.0 Å². The van der Waals surface area contributed by atoms with Gasteiger partial charge in [0.15, 0.2) is 0 Å². The summed E-state index contributed by atoms with van der Waals surface area (Å²) in [4.78, 5) is 2.21. The fourth-order valence-corrected chi connectivity index (χ4v) is 2.96. The molecule has 2 nitrogen and oxygen atoms in total. The first-order valence-electron chi connectivity index (χ1n) is 7.27. The Bertz CT molecular complexity index is 429. The second-order valence-corrected chi connectivity index (χ2v) is 6.17. The van der Waals surface area contributed by atoms with Crippen LogP contribution in [0.5, 0.6) is 0 Å². The van der Waals surface area contributed by atoms with Crippen LogP contribution in [0.2, 0.25) is 0 Å². The molecule has 0 radical (unpaired) electrons. The molecular formula is C16H25FN2. The minimum atomic E-state index is -0.109. The van der Waals surface area contributed by atoms with Gasteiger partial charge in [0.1, 0.15) is 5.82 Å². The van der Waals surface area contributed by atoms with E-state index in [9.17, 15) is 4.39 Å². The van der Waals surface area contributed by atoms with Crippen molar-refractivity contribution in [3.05, 3.63) is 29.6 Å². The summed E-state index contributed by atoms with van der Waals surface area (Å²) in [7, 11) is 0. The van der Waals surface area contributed by atoms with E-state index < -0.39 is 0 Å². The van der Waals surface area contributed by atoms with Gasteiger partial charge in [0, 0.05) is 19.1 Å². The Labute approximate surface area is 115 Å². The first-order valence-corrected chi connectivity index (χ1v) is 7.27. The molecule has 1 aliphatic heterocycles. The lowest BCUT2D eigenvalue weighted by atomic mass is 9.95. The third kappa shape index (κ3) is 3.27.